The summed E-state index contributed by atoms with van der Waals surface area (Å²) in [4.78, 5) is 11.7. The molecule has 0 atom stereocenters. The smallest absolute Gasteiger partial charge is 0.224 e. The standard InChI is InChI=1S/C21H29N5O2/c27-20-14-13-16-8-6-11-18(21(16)22-20)28-15-7-12-19-23-24-25-26(19)17-9-4-2-1-3-5-10-17/h6,8,11,17H,1-5,7,9-10,12-15H2,(H,22,27). The molecule has 28 heavy (non-hydrogen) atoms. The number of nitrogens with one attached hydrogen (secondary N) is 1. The Morgan fingerprint density at radius 2 is 1.93 bits per heavy atom. The van der Waals surface area contributed by atoms with E-state index in [2.05, 4.69) is 25.5 Å². The molecule has 1 aromatic heterocycles. The third kappa shape index (κ3) is 4.51. The lowest BCUT2D eigenvalue weighted by Crippen LogP contribution is -2.20. The summed E-state index contributed by atoms with van der Waals surface area (Å²) >= 11 is 0. The van der Waals surface area contributed by atoms with Gasteiger partial charge in [0.05, 0.1) is 18.3 Å². The number of carbonyl (C=O) groups excluding carboxylic acids is 1. The molecule has 1 fully saturated rings. The summed E-state index contributed by atoms with van der Waals surface area (Å²) in [5.41, 5.74) is 1.98. The number of carbonyl (C=O) groups is 1. The third-order valence-electron chi connectivity index (χ3n) is 5.78. The van der Waals surface area contributed by atoms with Crippen molar-refractivity contribution in [3.63, 3.8) is 0 Å². The van der Waals surface area contributed by atoms with Gasteiger partial charge in [-0.15, -0.1) is 5.10 Å². The molecular formula is C21H29N5O2. The van der Waals surface area contributed by atoms with Gasteiger partial charge in [-0.05, 0) is 47.7 Å². The number of hydrogen-bond donors (Lipinski definition) is 1. The molecule has 1 saturated carbocycles. The van der Waals surface area contributed by atoms with Crippen LogP contribution in [0.25, 0.3) is 0 Å². The van der Waals surface area contributed by atoms with Crippen molar-refractivity contribution in [2.24, 2.45) is 0 Å². The maximum Gasteiger partial charge on any atom is 0.224 e. The van der Waals surface area contributed by atoms with Crippen molar-refractivity contribution >= 4 is 11.6 Å². The molecule has 1 aliphatic heterocycles. The van der Waals surface area contributed by atoms with E-state index in [4.69, 9.17) is 4.74 Å². The molecule has 150 valence electrons. The summed E-state index contributed by atoms with van der Waals surface area (Å²) in [6, 6.07) is 6.39. The van der Waals surface area contributed by atoms with E-state index in [1.54, 1.807) is 0 Å². The molecule has 0 unspecified atom stereocenters. The topological polar surface area (TPSA) is 81.9 Å². The lowest BCUT2D eigenvalue weighted by molar-refractivity contribution is -0.116. The number of ether oxygens (including phenoxy) is 1. The summed E-state index contributed by atoms with van der Waals surface area (Å²) in [5.74, 6) is 1.77. The van der Waals surface area contributed by atoms with E-state index in [-0.39, 0.29) is 5.91 Å². The zero-order valence-corrected chi connectivity index (χ0v) is 16.4. The monoisotopic (exact) mass is 383 g/mol. The molecule has 1 aromatic carbocycles. The maximum absolute atomic E-state index is 11.7. The van der Waals surface area contributed by atoms with Gasteiger partial charge in [-0.2, -0.15) is 0 Å². The highest BCUT2D eigenvalue weighted by atomic mass is 16.5. The predicted molar refractivity (Wildman–Crippen MR) is 106 cm³/mol. The molecular weight excluding hydrogens is 354 g/mol. The van der Waals surface area contributed by atoms with Crippen LogP contribution in [0.1, 0.15) is 75.2 Å². The molecule has 7 heteroatoms. The Balaban J connectivity index is 1.32. The molecule has 2 aliphatic rings. The fourth-order valence-electron chi connectivity index (χ4n) is 4.25. The number of tetrazole rings is 1. The maximum atomic E-state index is 11.7. The van der Waals surface area contributed by atoms with Crippen LogP contribution in [-0.4, -0.2) is 32.7 Å². The number of fused-ring (bicyclic) bond motifs is 1. The van der Waals surface area contributed by atoms with Crippen molar-refractivity contribution in [3.8, 4) is 5.75 Å². The molecule has 0 spiro atoms. The van der Waals surface area contributed by atoms with Crippen LogP contribution in [0.5, 0.6) is 5.75 Å². The molecule has 7 nitrogen and oxygen atoms in total. The van der Waals surface area contributed by atoms with Gasteiger partial charge in [0.2, 0.25) is 5.91 Å². The minimum Gasteiger partial charge on any atom is -0.491 e. The van der Waals surface area contributed by atoms with Gasteiger partial charge in [0, 0.05) is 12.8 Å². The van der Waals surface area contributed by atoms with Crippen LogP contribution in [0.15, 0.2) is 18.2 Å². The molecule has 1 amide bonds. The normalized spacial score (nSPS) is 18.1. The van der Waals surface area contributed by atoms with Crippen LogP contribution in [0.4, 0.5) is 5.69 Å². The fraction of sp³-hybridized carbons (Fsp3) is 0.619. The van der Waals surface area contributed by atoms with Crippen LogP contribution in [0, 0.1) is 0 Å². The molecule has 0 bridgehead atoms. The molecule has 1 N–H and O–H groups in total. The first-order valence-electron chi connectivity index (χ1n) is 10.6. The lowest BCUT2D eigenvalue weighted by atomic mass is 9.97. The largest absolute Gasteiger partial charge is 0.491 e. The highest BCUT2D eigenvalue weighted by Gasteiger charge is 2.20. The van der Waals surface area contributed by atoms with Crippen LogP contribution in [0.2, 0.25) is 0 Å². The third-order valence-corrected chi connectivity index (χ3v) is 5.78. The van der Waals surface area contributed by atoms with Crippen LogP contribution in [0.3, 0.4) is 0 Å². The van der Waals surface area contributed by atoms with Gasteiger partial charge in [-0.25, -0.2) is 4.68 Å². The van der Waals surface area contributed by atoms with Crippen molar-refractivity contribution in [2.45, 2.75) is 76.7 Å². The Kier molecular flexibility index (Phi) is 6.19. The quantitative estimate of drug-likeness (QED) is 0.766. The van der Waals surface area contributed by atoms with Crippen molar-refractivity contribution in [2.75, 3.05) is 11.9 Å². The number of aryl methyl sites for hydroxylation is 2. The number of benzene rings is 1. The minimum absolute atomic E-state index is 0.0573. The Labute approximate surface area is 165 Å². The molecule has 0 saturated heterocycles. The SMILES string of the molecule is O=C1CCc2cccc(OCCCc3nnnn3C3CCCCCCC3)c2N1. The average Bonchev–Trinajstić information content (AvgIpc) is 3.13. The summed E-state index contributed by atoms with van der Waals surface area (Å²) in [6.45, 7) is 0.573. The number of rotatable bonds is 6. The first kappa shape index (κ1) is 18.9. The van der Waals surface area contributed by atoms with Crippen molar-refractivity contribution in [1.29, 1.82) is 0 Å². The first-order valence-corrected chi connectivity index (χ1v) is 10.6. The lowest BCUT2D eigenvalue weighted by Gasteiger charge is -2.21. The molecule has 4 rings (SSSR count). The number of hydrogen-bond acceptors (Lipinski definition) is 5. The Hall–Kier alpha value is -2.44. The van der Waals surface area contributed by atoms with Crippen molar-refractivity contribution in [3.05, 3.63) is 29.6 Å². The van der Waals surface area contributed by atoms with E-state index in [9.17, 15) is 4.79 Å². The first-order chi connectivity index (χ1) is 13.8. The number of para-hydroxylation sites is 1. The number of aromatic nitrogens is 4. The summed E-state index contributed by atoms with van der Waals surface area (Å²) in [6.07, 6.45) is 11.8. The van der Waals surface area contributed by atoms with Crippen LogP contribution in [-0.2, 0) is 17.6 Å². The Morgan fingerprint density at radius 1 is 1.11 bits per heavy atom. The molecule has 2 heterocycles. The van der Waals surface area contributed by atoms with E-state index < -0.39 is 0 Å². The van der Waals surface area contributed by atoms with Crippen LogP contribution >= 0.6 is 0 Å². The van der Waals surface area contributed by atoms with Crippen LogP contribution < -0.4 is 10.1 Å². The van der Waals surface area contributed by atoms with E-state index in [1.807, 2.05) is 18.2 Å². The minimum atomic E-state index is 0.0573. The second-order valence-electron chi connectivity index (χ2n) is 7.83. The van der Waals surface area contributed by atoms with Gasteiger partial charge in [0.25, 0.3) is 0 Å². The van der Waals surface area contributed by atoms with E-state index in [0.717, 1.165) is 42.1 Å². The summed E-state index contributed by atoms with van der Waals surface area (Å²) in [5, 5.41) is 15.4. The molecule has 2 aromatic rings. The number of amides is 1. The zero-order valence-electron chi connectivity index (χ0n) is 16.4. The van der Waals surface area contributed by atoms with Gasteiger partial charge >= 0.3 is 0 Å². The Bertz CT molecular complexity index is 796. The second kappa shape index (κ2) is 9.17. The number of anilines is 1. The number of nitrogens with zero attached hydrogens (tertiary/aromatic N) is 4. The molecule has 1 aliphatic carbocycles. The second-order valence-corrected chi connectivity index (χ2v) is 7.83. The van der Waals surface area contributed by atoms with Gasteiger partial charge in [0.1, 0.15) is 5.75 Å². The van der Waals surface area contributed by atoms with Gasteiger partial charge < -0.3 is 10.1 Å². The highest BCUT2D eigenvalue weighted by Crippen LogP contribution is 2.32. The summed E-state index contributed by atoms with van der Waals surface area (Å²) < 4.78 is 8.03. The molecule has 0 radical (unpaired) electrons. The zero-order chi connectivity index (χ0) is 19.2. The van der Waals surface area contributed by atoms with E-state index in [1.165, 1.54) is 44.9 Å². The van der Waals surface area contributed by atoms with Gasteiger partial charge in [0.15, 0.2) is 5.82 Å². The van der Waals surface area contributed by atoms with Crippen molar-refractivity contribution in [1.82, 2.24) is 20.2 Å². The van der Waals surface area contributed by atoms with Crippen molar-refractivity contribution < 1.29 is 9.53 Å². The Morgan fingerprint density at radius 3 is 2.79 bits per heavy atom. The fourth-order valence-corrected chi connectivity index (χ4v) is 4.25. The predicted octanol–water partition coefficient (Wildman–Crippen LogP) is 3.85. The van der Waals surface area contributed by atoms with E-state index >= 15 is 0 Å². The van der Waals surface area contributed by atoms with E-state index in [0.29, 0.717) is 19.1 Å². The highest BCUT2D eigenvalue weighted by molar-refractivity contribution is 5.95. The summed E-state index contributed by atoms with van der Waals surface area (Å²) in [7, 11) is 0. The van der Waals surface area contributed by atoms with Gasteiger partial charge in [-0.1, -0.05) is 44.2 Å². The average molecular weight is 383 g/mol. The van der Waals surface area contributed by atoms with Gasteiger partial charge in [-0.3, -0.25) is 4.79 Å².